The molecule has 2 aromatic heterocycles. The molecule has 0 aliphatic carbocycles. The minimum atomic E-state index is -1.11. The van der Waals surface area contributed by atoms with Crippen LogP contribution in [0.15, 0.2) is 11.1 Å². The van der Waals surface area contributed by atoms with Crippen molar-refractivity contribution in [1.82, 2.24) is 19.5 Å². The van der Waals surface area contributed by atoms with E-state index in [1.165, 1.54) is 10.9 Å². The zero-order chi connectivity index (χ0) is 18.4. The Morgan fingerprint density at radius 1 is 1.40 bits per heavy atom. The van der Waals surface area contributed by atoms with Crippen molar-refractivity contribution in [3.05, 3.63) is 16.7 Å². The predicted octanol–water partition coefficient (Wildman–Crippen LogP) is -1.56. The van der Waals surface area contributed by atoms with Gasteiger partial charge in [0.1, 0.15) is 19.4 Å². The maximum absolute atomic E-state index is 11.7. The quantitative estimate of drug-likeness (QED) is 0.384. The van der Waals surface area contributed by atoms with E-state index in [9.17, 15) is 19.5 Å². The van der Waals surface area contributed by atoms with Crippen molar-refractivity contribution in [2.45, 2.75) is 25.7 Å². The number of fused-ring (bicyclic) bond motifs is 1. The molecule has 5 N–H and O–H groups in total. The average Bonchev–Trinajstić information content (AvgIpc) is 2.96. The number of aliphatic hydroxyl groups excluding tert-OH is 1. The van der Waals surface area contributed by atoms with Crippen LogP contribution in [-0.4, -0.2) is 61.0 Å². The summed E-state index contributed by atoms with van der Waals surface area (Å²) in [5, 5.41) is 17.7. The van der Waals surface area contributed by atoms with Gasteiger partial charge in [0.05, 0.1) is 25.8 Å². The summed E-state index contributed by atoms with van der Waals surface area (Å²) in [5.41, 5.74) is 5.27. The standard InChI is InChI=1S/C13H17N5O7/c14-13-16-11-10(12(23)17-13)15-5-18(11)6-25-7(3-19)4-24-9(22)2-1-8(20)21/h5,7,19H,1-4,6H2,(H,20,21)(H3,14,16,17,23). The molecule has 0 radical (unpaired) electrons. The molecular weight excluding hydrogens is 338 g/mol. The lowest BCUT2D eigenvalue weighted by atomic mass is 10.3. The number of nitrogens with two attached hydrogens (primary N) is 1. The molecule has 0 spiro atoms. The number of esters is 1. The highest BCUT2D eigenvalue weighted by Gasteiger charge is 2.15. The summed E-state index contributed by atoms with van der Waals surface area (Å²) in [4.78, 5) is 43.5. The molecule has 2 heterocycles. The fourth-order valence-corrected chi connectivity index (χ4v) is 1.87. The molecular formula is C13H17N5O7. The number of aromatic nitrogens is 4. The summed E-state index contributed by atoms with van der Waals surface area (Å²) in [7, 11) is 0. The van der Waals surface area contributed by atoms with E-state index in [0.717, 1.165) is 0 Å². The van der Waals surface area contributed by atoms with E-state index in [-0.39, 0.29) is 43.3 Å². The molecule has 0 saturated heterocycles. The van der Waals surface area contributed by atoms with Crippen LogP contribution < -0.4 is 11.3 Å². The molecule has 2 rings (SSSR count). The molecule has 12 nitrogen and oxygen atoms in total. The highest BCUT2D eigenvalue weighted by Crippen LogP contribution is 2.07. The first-order chi connectivity index (χ1) is 11.9. The number of carboxylic acid groups (broad SMARTS) is 1. The Bertz CT molecular complexity index is 815. The number of aliphatic carboxylic acids is 1. The van der Waals surface area contributed by atoms with Crippen molar-refractivity contribution in [2.24, 2.45) is 0 Å². The van der Waals surface area contributed by atoms with Crippen LogP contribution in [-0.2, 0) is 25.8 Å². The van der Waals surface area contributed by atoms with Gasteiger partial charge in [0.15, 0.2) is 11.2 Å². The number of aliphatic hydroxyl groups is 1. The largest absolute Gasteiger partial charge is 0.481 e. The van der Waals surface area contributed by atoms with Crippen LogP contribution in [0.2, 0.25) is 0 Å². The maximum atomic E-state index is 11.7. The van der Waals surface area contributed by atoms with Gasteiger partial charge in [-0.3, -0.25) is 23.9 Å². The maximum Gasteiger partial charge on any atom is 0.306 e. The number of nitrogens with zero attached hydrogens (tertiary/aromatic N) is 3. The van der Waals surface area contributed by atoms with Gasteiger partial charge < -0.3 is 25.4 Å². The van der Waals surface area contributed by atoms with Crippen molar-refractivity contribution in [1.29, 1.82) is 0 Å². The highest BCUT2D eigenvalue weighted by molar-refractivity contribution is 5.76. The number of aromatic amines is 1. The second-order valence-corrected chi connectivity index (χ2v) is 5.01. The number of H-pyrrole nitrogens is 1. The SMILES string of the molecule is Nc1nc2c(ncn2COC(CO)COC(=O)CCC(=O)O)c(=O)[nH]1. The smallest absolute Gasteiger partial charge is 0.306 e. The fraction of sp³-hybridized carbons (Fsp3) is 0.462. The van der Waals surface area contributed by atoms with E-state index < -0.39 is 30.2 Å². The lowest BCUT2D eigenvalue weighted by molar-refractivity contribution is -0.153. The topological polar surface area (TPSA) is 183 Å². The number of carbonyl (C=O) groups is 2. The van der Waals surface area contributed by atoms with Gasteiger partial charge in [0.25, 0.3) is 5.56 Å². The molecule has 0 aromatic carbocycles. The van der Waals surface area contributed by atoms with E-state index >= 15 is 0 Å². The third kappa shape index (κ3) is 4.99. The number of imidazole rings is 1. The predicted molar refractivity (Wildman–Crippen MR) is 82.3 cm³/mol. The van der Waals surface area contributed by atoms with Crippen molar-refractivity contribution < 1.29 is 29.3 Å². The number of carboxylic acids is 1. The van der Waals surface area contributed by atoms with Crippen molar-refractivity contribution in [2.75, 3.05) is 18.9 Å². The molecule has 0 saturated carbocycles. The third-order valence-electron chi connectivity index (χ3n) is 3.12. The Morgan fingerprint density at radius 3 is 2.84 bits per heavy atom. The van der Waals surface area contributed by atoms with Crippen LogP contribution in [0.5, 0.6) is 0 Å². The number of rotatable bonds is 9. The Labute approximate surface area is 140 Å². The zero-order valence-corrected chi connectivity index (χ0v) is 13.0. The molecule has 0 aliphatic rings. The molecule has 0 aliphatic heterocycles. The van der Waals surface area contributed by atoms with E-state index in [1.807, 2.05) is 0 Å². The Hall–Kier alpha value is -2.99. The number of nitrogens with one attached hydrogen (secondary N) is 1. The van der Waals surface area contributed by atoms with Gasteiger partial charge in [-0.25, -0.2) is 4.98 Å². The van der Waals surface area contributed by atoms with Crippen molar-refractivity contribution >= 4 is 29.1 Å². The summed E-state index contributed by atoms with van der Waals surface area (Å²) in [5.74, 6) is -1.90. The number of anilines is 1. The summed E-state index contributed by atoms with van der Waals surface area (Å²) in [6, 6.07) is 0. The molecule has 136 valence electrons. The van der Waals surface area contributed by atoms with Gasteiger partial charge in [0, 0.05) is 0 Å². The fourth-order valence-electron chi connectivity index (χ4n) is 1.87. The highest BCUT2D eigenvalue weighted by atomic mass is 16.6. The van der Waals surface area contributed by atoms with Crippen LogP contribution in [0.4, 0.5) is 5.95 Å². The summed E-state index contributed by atoms with van der Waals surface area (Å²) >= 11 is 0. The van der Waals surface area contributed by atoms with Crippen LogP contribution in [0, 0.1) is 0 Å². The molecule has 12 heteroatoms. The first-order valence-electron chi connectivity index (χ1n) is 7.21. The second-order valence-electron chi connectivity index (χ2n) is 5.01. The summed E-state index contributed by atoms with van der Waals surface area (Å²) < 4.78 is 11.6. The first-order valence-corrected chi connectivity index (χ1v) is 7.21. The zero-order valence-electron chi connectivity index (χ0n) is 13.0. The number of nitrogen functional groups attached to an aromatic ring is 1. The van der Waals surface area contributed by atoms with Crippen LogP contribution in [0.1, 0.15) is 12.8 Å². The number of carbonyl (C=O) groups excluding carboxylic acids is 1. The Morgan fingerprint density at radius 2 is 2.16 bits per heavy atom. The molecule has 0 fully saturated rings. The average molecular weight is 355 g/mol. The number of hydrogen-bond acceptors (Lipinski definition) is 9. The number of hydrogen-bond donors (Lipinski definition) is 4. The Balaban J connectivity index is 1.91. The van der Waals surface area contributed by atoms with Crippen LogP contribution >= 0.6 is 0 Å². The van der Waals surface area contributed by atoms with Crippen molar-refractivity contribution in [3.63, 3.8) is 0 Å². The van der Waals surface area contributed by atoms with E-state index in [4.69, 9.17) is 20.3 Å². The minimum absolute atomic E-state index is 0.0784. The normalized spacial score (nSPS) is 12.2. The van der Waals surface area contributed by atoms with E-state index in [1.54, 1.807) is 0 Å². The van der Waals surface area contributed by atoms with Gasteiger partial charge in [-0.15, -0.1) is 0 Å². The molecule has 25 heavy (non-hydrogen) atoms. The lowest BCUT2D eigenvalue weighted by Gasteiger charge is -2.16. The van der Waals surface area contributed by atoms with Crippen LogP contribution in [0.3, 0.4) is 0 Å². The number of ether oxygens (including phenoxy) is 2. The van der Waals surface area contributed by atoms with Crippen LogP contribution in [0.25, 0.3) is 11.2 Å². The van der Waals surface area contributed by atoms with Crippen molar-refractivity contribution in [3.8, 4) is 0 Å². The molecule has 1 unspecified atom stereocenters. The van der Waals surface area contributed by atoms with Gasteiger partial charge in [0.2, 0.25) is 5.95 Å². The van der Waals surface area contributed by atoms with E-state index in [2.05, 4.69) is 15.0 Å². The summed E-state index contributed by atoms with van der Waals surface area (Å²) in [6.45, 7) is -0.809. The lowest BCUT2D eigenvalue weighted by Crippen LogP contribution is -2.27. The van der Waals surface area contributed by atoms with E-state index in [0.29, 0.717) is 0 Å². The Kier molecular flexibility index (Phi) is 6.03. The first kappa shape index (κ1) is 18.4. The second kappa shape index (κ2) is 8.21. The van der Waals surface area contributed by atoms with Gasteiger partial charge in [-0.1, -0.05) is 0 Å². The monoisotopic (exact) mass is 355 g/mol. The van der Waals surface area contributed by atoms with Gasteiger partial charge in [-0.2, -0.15) is 4.98 Å². The summed E-state index contributed by atoms with van der Waals surface area (Å²) in [6.07, 6.45) is -0.136. The molecule has 2 aromatic rings. The molecule has 0 amide bonds. The van der Waals surface area contributed by atoms with Gasteiger partial charge in [-0.05, 0) is 0 Å². The molecule has 1 atom stereocenters. The third-order valence-corrected chi connectivity index (χ3v) is 3.12. The molecule has 0 bridgehead atoms. The minimum Gasteiger partial charge on any atom is -0.481 e. The van der Waals surface area contributed by atoms with Gasteiger partial charge >= 0.3 is 11.9 Å².